The lowest BCUT2D eigenvalue weighted by atomic mass is 9.79. The predicted molar refractivity (Wildman–Crippen MR) is 102 cm³/mol. The summed E-state index contributed by atoms with van der Waals surface area (Å²) in [6.45, 7) is -0.213. The van der Waals surface area contributed by atoms with Crippen LogP contribution in [0.15, 0.2) is 42.5 Å². The van der Waals surface area contributed by atoms with Gasteiger partial charge < -0.3 is 9.84 Å². The maximum atomic E-state index is 12.6. The number of benzene rings is 2. The highest BCUT2D eigenvalue weighted by molar-refractivity contribution is 7.88. The Labute approximate surface area is 167 Å². The molecule has 2 aromatic carbocycles. The van der Waals surface area contributed by atoms with E-state index in [1.54, 1.807) is 19.2 Å². The van der Waals surface area contributed by atoms with Gasteiger partial charge in [-0.2, -0.15) is 13.2 Å². The van der Waals surface area contributed by atoms with Crippen LogP contribution in [0.4, 0.5) is 13.2 Å². The number of alkyl halides is 3. The van der Waals surface area contributed by atoms with Crippen molar-refractivity contribution in [2.75, 3.05) is 13.7 Å². The molecule has 1 aliphatic rings. The molecule has 0 saturated carbocycles. The van der Waals surface area contributed by atoms with Gasteiger partial charge in [-0.05, 0) is 60.2 Å². The van der Waals surface area contributed by atoms with E-state index in [4.69, 9.17) is 4.74 Å². The largest absolute Gasteiger partial charge is 0.497 e. The highest BCUT2D eigenvalue weighted by atomic mass is 32.2. The minimum Gasteiger partial charge on any atom is -0.497 e. The molecule has 3 rings (SSSR count). The summed E-state index contributed by atoms with van der Waals surface area (Å²) in [7, 11) is -2.30. The number of nitrogens with one attached hydrogen (secondary N) is 1. The summed E-state index contributed by atoms with van der Waals surface area (Å²) >= 11 is 0. The molecule has 0 aromatic heterocycles. The first-order valence-corrected chi connectivity index (χ1v) is 10.7. The standard InChI is InChI=1S/C20H22F3NO4S/c1-28-17-8-9-18-15(11-17)3-2-10-19(18,25)13-24-29(26,27)12-14-4-6-16(7-5-14)20(21,22)23/h4-9,11,24-25H,2-3,10,12-13H2,1H3. The van der Waals surface area contributed by atoms with Crippen molar-refractivity contribution in [1.29, 1.82) is 0 Å². The van der Waals surface area contributed by atoms with Crippen LogP contribution < -0.4 is 9.46 Å². The summed E-state index contributed by atoms with van der Waals surface area (Å²) in [5.41, 5.74) is -0.407. The molecule has 1 atom stereocenters. The number of fused-ring (bicyclic) bond motifs is 1. The van der Waals surface area contributed by atoms with E-state index in [1.807, 2.05) is 6.07 Å². The van der Waals surface area contributed by atoms with Gasteiger partial charge in [-0.1, -0.05) is 18.2 Å². The summed E-state index contributed by atoms with van der Waals surface area (Å²) < 4.78 is 70.3. The zero-order valence-corrected chi connectivity index (χ0v) is 16.6. The van der Waals surface area contributed by atoms with E-state index >= 15 is 0 Å². The minimum atomic E-state index is -4.48. The van der Waals surface area contributed by atoms with Gasteiger partial charge in [-0.3, -0.25) is 0 Å². The van der Waals surface area contributed by atoms with E-state index in [-0.39, 0.29) is 12.1 Å². The summed E-state index contributed by atoms with van der Waals surface area (Å²) in [5.74, 6) is 0.187. The Kier molecular flexibility index (Phi) is 5.93. The fourth-order valence-corrected chi connectivity index (χ4v) is 4.73. The zero-order valence-electron chi connectivity index (χ0n) is 15.8. The molecule has 0 radical (unpaired) electrons. The van der Waals surface area contributed by atoms with E-state index in [9.17, 15) is 26.7 Å². The molecule has 1 aliphatic carbocycles. The third kappa shape index (κ3) is 5.09. The summed E-state index contributed by atoms with van der Waals surface area (Å²) in [6, 6.07) is 9.25. The first kappa shape index (κ1) is 21.6. The van der Waals surface area contributed by atoms with Crippen LogP contribution in [0.2, 0.25) is 0 Å². The number of sulfonamides is 1. The highest BCUT2D eigenvalue weighted by Crippen LogP contribution is 2.37. The van der Waals surface area contributed by atoms with Gasteiger partial charge in [0.2, 0.25) is 10.0 Å². The van der Waals surface area contributed by atoms with Crippen LogP contribution in [0.1, 0.15) is 35.1 Å². The fourth-order valence-electron chi connectivity index (χ4n) is 3.54. The molecule has 0 saturated heterocycles. The normalized spacial score (nSPS) is 19.6. The van der Waals surface area contributed by atoms with Crippen molar-refractivity contribution in [1.82, 2.24) is 4.72 Å². The van der Waals surface area contributed by atoms with Gasteiger partial charge in [0.05, 0.1) is 18.4 Å². The average molecular weight is 429 g/mol. The number of aliphatic hydroxyl groups is 1. The predicted octanol–water partition coefficient (Wildman–Crippen LogP) is 3.36. The van der Waals surface area contributed by atoms with Crippen molar-refractivity contribution in [3.8, 4) is 5.75 Å². The van der Waals surface area contributed by atoms with E-state index in [0.717, 1.165) is 36.2 Å². The minimum absolute atomic E-state index is 0.213. The Balaban J connectivity index is 1.71. The van der Waals surface area contributed by atoms with Crippen molar-refractivity contribution < 1.29 is 31.4 Å². The average Bonchev–Trinajstić information content (AvgIpc) is 2.66. The van der Waals surface area contributed by atoms with E-state index < -0.39 is 33.1 Å². The molecule has 9 heteroatoms. The highest BCUT2D eigenvalue weighted by Gasteiger charge is 2.35. The zero-order chi connectivity index (χ0) is 21.3. The van der Waals surface area contributed by atoms with E-state index in [2.05, 4.69) is 4.72 Å². The van der Waals surface area contributed by atoms with Crippen LogP contribution in [0.5, 0.6) is 5.75 Å². The molecule has 0 fully saturated rings. The molecule has 0 heterocycles. The van der Waals surface area contributed by atoms with Gasteiger partial charge in [0.25, 0.3) is 0 Å². The first-order chi connectivity index (χ1) is 13.5. The second-order valence-electron chi connectivity index (χ2n) is 7.18. The number of hydrogen-bond donors (Lipinski definition) is 2. The van der Waals surface area contributed by atoms with Crippen molar-refractivity contribution in [3.05, 3.63) is 64.7 Å². The maximum Gasteiger partial charge on any atom is 0.416 e. The molecule has 158 valence electrons. The summed E-state index contributed by atoms with van der Waals surface area (Å²) in [4.78, 5) is 0. The number of ether oxygens (including phenoxy) is 1. The number of hydrogen-bond acceptors (Lipinski definition) is 4. The Morgan fingerprint density at radius 2 is 1.86 bits per heavy atom. The number of aryl methyl sites for hydroxylation is 1. The van der Waals surface area contributed by atoms with Crippen molar-refractivity contribution in [2.24, 2.45) is 0 Å². The Bertz CT molecular complexity index is 974. The molecule has 0 bridgehead atoms. The van der Waals surface area contributed by atoms with Crippen LogP contribution >= 0.6 is 0 Å². The molecule has 0 aliphatic heterocycles. The third-order valence-corrected chi connectivity index (χ3v) is 6.37. The van der Waals surface area contributed by atoms with Gasteiger partial charge in [-0.15, -0.1) is 0 Å². The maximum absolute atomic E-state index is 12.6. The molecule has 2 aromatic rings. The lowest BCUT2D eigenvalue weighted by Crippen LogP contribution is -2.43. The molecule has 0 spiro atoms. The summed E-state index contributed by atoms with van der Waals surface area (Å²) in [6.07, 6.45) is -2.63. The number of methoxy groups -OCH3 is 1. The lowest BCUT2D eigenvalue weighted by Gasteiger charge is -2.34. The Hall–Kier alpha value is -2.10. The number of rotatable bonds is 6. The van der Waals surface area contributed by atoms with Crippen LogP contribution in [-0.2, 0) is 34.0 Å². The smallest absolute Gasteiger partial charge is 0.416 e. The van der Waals surface area contributed by atoms with Crippen LogP contribution in [-0.4, -0.2) is 27.2 Å². The topological polar surface area (TPSA) is 75.6 Å². The van der Waals surface area contributed by atoms with E-state index in [1.165, 1.54) is 0 Å². The van der Waals surface area contributed by atoms with Crippen molar-refractivity contribution in [2.45, 2.75) is 36.8 Å². The molecular formula is C20H22F3NO4S. The second kappa shape index (κ2) is 7.97. The molecule has 2 N–H and O–H groups in total. The molecule has 5 nitrogen and oxygen atoms in total. The SMILES string of the molecule is COc1ccc2c(c1)CCCC2(O)CNS(=O)(=O)Cc1ccc(C(F)(F)F)cc1. The lowest BCUT2D eigenvalue weighted by molar-refractivity contribution is -0.137. The van der Waals surface area contributed by atoms with Gasteiger partial charge in [0.15, 0.2) is 0 Å². The van der Waals surface area contributed by atoms with Gasteiger partial charge in [0, 0.05) is 6.54 Å². The first-order valence-electron chi connectivity index (χ1n) is 9.06. The monoisotopic (exact) mass is 429 g/mol. The van der Waals surface area contributed by atoms with Gasteiger partial charge in [0.1, 0.15) is 11.4 Å². The van der Waals surface area contributed by atoms with Gasteiger partial charge in [-0.25, -0.2) is 13.1 Å². The van der Waals surface area contributed by atoms with Crippen molar-refractivity contribution in [3.63, 3.8) is 0 Å². The Morgan fingerprint density at radius 1 is 1.17 bits per heavy atom. The quantitative estimate of drug-likeness (QED) is 0.739. The van der Waals surface area contributed by atoms with Crippen LogP contribution in [0, 0.1) is 0 Å². The van der Waals surface area contributed by atoms with Gasteiger partial charge >= 0.3 is 6.18 Å². The summed E-state index contributed by atoms with van der Waals surface area (Å²) in [5, 5.41) is 11.0. The van der Waals surface area contributed by atoms with E-state index in [0.29, 0.717) is 24.2 Å². The third-order valence-electron chi connectivity index (χ3n) is 5.07. The molecule has 0 amide bonds. The Morgan fingerprint density at radius 3 is 2.48 bits per heavy atom. The van der Waals surface area contributed by atoms with Crippen LogP contribution in [0.25, 0.3) is 0 Å². The molecular weight excluding hydrogens is 407 g/mol. The second-order valence-corrected chi connectivity index (χ2v) is 8.99. The van der Waals surface area contributed by atoms with Crippen molar-refractivity contribution >= 4 is 10.0 Å². The molecule has 1 unspecified atom stereocenters. The fraction of sp³-hybridized carbons (Fsp3) is 0.400. The van der Waals surface area contributed by atoms with Crippen LogP contribution in [0.3, 0.4) is 0 Å². The molecule has 29 heavy (non-hydrogen) atoms. The number of halogens is 3.